The van der Waals surface area contributed by atoms with E-state index >= 15 is 0 Å². The van der Waals surface area contributed by atoms with Crippen molar-refractivity contribution in [3.8, 4) is 0 Å². The van der Waals surface area contributed by atoms with Crippen molar-refractivity contribution in [1.29, 1.82) is 0 Å². The number of carboxylic acid groups (broad SMARTS) is 1. The Kier molecular flexibility index (Phi) is 3.48. The molecule has 14 heteroatoms. The molecule has 1 saturated heterocycles. The van der Waals surface area contributed by atoms with Crippen LogP contribution in [0, 0.1) is 0 Å². The predicted octanol–water partition coefficient (Wildman–Crippen LogP) is -1.68. The number of thiocarbonyl (C=S) groups is 1. The Bertz CT molecular complexity index is 646. The molecule has 10 nitrogen and oxygen atoms in total. The van der Waals surface area contributed by atoms with Gasteiger partial charge in [0.15, 0.2) is 4.32 Å². The second-order valence-corrected chi connectivity index (χ2v) is 7.74. The van der Waals surface area contributed by atoms with Crippen molar-refractivity contribution in [2.75, 3.05) is 0 Å². The highest BCUT2D eigenvalue weighted by molar-refractivity contribution is 8.32. The maximum absolute atomic E-state index is 11.5. The third-order valence-corrected chi connectivity index (χ3v) is 6.16. The lowest BCUT2D eigenvalue weighted by Gasteiger charge is -2.16. The molecule has 102 valence electrons. The fourth-order valence-electron chi connectivity index (χ4n) is 1.03. The number of rotatable bonds is 3. The predicted molar refractivity (Wildman–Crippen MR) is 60.5 cm³/mol. The monoisotopic (exact) mass is 337 g/mol. The van der Waals surface area contributed by atoms with E-state index in [2.05, 4.69) is 12.2 Å². The summed E-state index contributed by atoms with van der Waals surface area (Å²) < 4.78 is 55.8. The van der Waals surface area contributed by atoms with Crippen molar-refractivity contribution in [2.24, 2.45) is 0 Å². The molecular formula is C4H3NO9S4. The number of amides is 1. The van der Waals surface area contributed by atoms with Crippen LogP contribution in [0.1, 0.15) is 0 Å². The number of carbonyl (C=O) groups is 2. The van der Waals surface area contributed by atoms with Crippen molar-refractivity contribution in [3.05, 3.63) is 0 Å². The second-order valence-electron chi connectivity index (χ2n) is 2.81. The minimum absolute atomic E-state index is 0.398. The molecule has 0 spiro atoms. The molecular weight excluding hydrogens is 334 g/mol. The first-order valence-electron chi connectivity index (χ1n) is 3.61. The Morgan fingerprint density at radius 1 is 1.28 bits per heavy atom. The highest BCUT2D eigenvalue weighted by Crippen LogP contribution is 2.42. The van der Waals surface area contributed by atoms with Crippen molar-refractivity contribution < 1.29 is 40.6 Å². The van der Waals surface area contributed by atoms with Gasteiger partial charge < -0.3 is 5.11 Å². The highest BCUT2D eigenvalue weighted by atomic mass is 32.3. The SMILES string of the molecule is O=C(O)C1(S(=O)(=O)O)SC(=S)N(S(=O)(=O)O)C1=O. The molecule has 0 aromatic heterocycles. The van der Waals surface area contributed by atoms with E-state index in [1.54, 1.807) is 0 Å². The zero-order valence-electron chi connectivity index (χ0n) is 7.87. The number of aliphatic carboxylic acids is 1. The average Bonchev–Trinajstić information content (AvgIpc) is 2.35. The number of thioether (sulfide) groups is 1. The molecule has 3 N–H and O–H groups in total. The molecule has 0 aliphatic carbocycles. The summed E-state index contributed by atoms with van der Waals surface area (Å²) in [5, 5.41) is 8.73. The van der Waals surface area contributed by atoms with Gasteiger partial charge in [-0.3, -0.25) is 13.9 Å². The van der Waals surface area contributed by atoms with Crippen molar-refractivity contribution in [3.63, 3.8) is 0 Å². The van der Waals surface area contributed by atoms with Crippen LogP contribution in [0.15, 0.2) is 0 Å². The highest BCUT2D eigenvalue weighted by Gasteiger charge is 2.68. The van der Waals surface area contributed by atoms with Gasteiger partial charge in [-0.1, -0.05) is 12.2 Å². The number of carbonyl (C=O) groups excluding carboxylic acids is 1. The topological polar surface area (TPSA) is 166 Å². The minimum atomic E-state index is -5.53. The van der Waals surface area contributed by atoms with Crippen LogP contribution in [0.4, 0.5) is 0 Å². The summed E-state index contributed by atoms with van der Waals surface area (Å²) in [5.41, 5.74) is 0. The number of hydrogen-bond donors (Lipinski definition) is 3. The third kappa shape index (κ3) is 1.99. The largest absolute Gasteiger partial charge is 0.479 e. The van der Waals surface area contributed by atoms with Crippen molar-refractivity contribution in [2.45, 2.75) is 4.08 Å². The molecule has 1 heterocycles. The molecule has 1 rings (SSSR count). The molecule has 0 aromatic carbocycles. The van der Waals surface area contributed by atoms with E-state index < -0.39 is 56.8 Å². The Morgan fingerprint density at radius 3 is 1.89 bits per heavy atom. The van der Waals surface area contributed by atoms with E-state index in [4.69, 9.17) is 14.2 Å². The van der Waals surface area contributed by atoms with E-state index in [-0.39, 0.29) is 0 Å². The molecule has 1 amide bonds. The van der Waals surface area contributed by atoms with Gasteiger partial charge in [0.1, 0.15) is 0 Å². The fraction of sp³-hybridized carbons (Fsp3) is 0.250. The van der Waals surface area contributed by atoms with Gasteiger partial charge in [0.2, 0.25) is 0 Å². The summed E-state index contributed by atoms with van der Waals surface area (Å²) in [6.45, 7) is 0. The van der Waals surface area contributed by atoms with Crippen LogP contribution in [0.5, 0.6) is 0 Å². The quantitative estimate of drug-likeness (QED) is 0.305. The van der Waals surface area contributed by atoms with Gasteiger partial charge in [-0.15, -0.1) is 0 Å². The molecule has 0 radical (unpaired) electrons. The van der Waals surface area contributed by atoms with Gasteiger partial charge in [-0.25, -0.2) is 4.79 Å². The Balaban J connectivity index is 3.62. The van der Waals surface area contributed by atoms with Crippen LogP contribution < -0.4 is 0 Å². The molecule has 0 aromatic rings. The van der Waals surface area contributed by atoms with Crippen LogP contribution in [0.3, 0.4) is 0 Å². The molecule has 1 fully saturated rings. The van der Waals surface area contributed by atoms with E-state index in [9.17, 15) is 26.4 Å². The third-order valence-electron chi connectivity index (χ3n) is 1.74. The first-order chi connectivity index (χ1) is 7.85. The van der Waals surface area contributed by atoms with Crippen LogP contribution in [0.2, 0.25) is 0 Å². The number of nitrogens with zero attached hydrogens (tertiary/aromatic N) is 1. The lowest BCUT2D eigenvalue weighted by molar-refractivity contribution is -0.142. The van der Waals surface area contributed by atoms with Gasteiger partial charge in [0, 0.05) is 0 Å². The summed E-state index contributed by atoms with van der Waals surface area (Å²) in [7, 11) is -10.8. The minimum Gasteiger partial charge on any atom is -0.479 e. The van der Waals surface area contributed by atoms with Gasteiger partial charge in [-0.2, -0.15) is 21.1 Å². The van der Waals surface area contributed by atoms with Gasteiger partial charge in [-0.05, 0) is 11.8 Å². The standard InChI is InChI=1S/C4H3NO9S4/c6-1-4(2(7)8,17(9,10)11)16-3(15)5(1)18(12,13)14/h(H,7,8)(H,9,10,11)(H,12,13,14). The van der Waals surface area contributed by atoms with Crippen molar-refractivity contribution >= 4 is 60.6 Å². The maximum atomic E-state index is 11.5. The number of hydrogen-bond acceptors (Lipinski definition) is 8. The maximum Gasteiger partial charge on any atom is 0.367 e. The van der Waals surface area contributed by atoms with Gasteiger partial charge >= 0.3 is 30.5 Å². The lowest BCUT2D eigenvalue weighted by Crippen LogP contribution is -2.52. The number of carboxylic acids is 1. The molecule has 1 atom stereocenters. The molecule has 0 bridgehead atoms. The molecule has 1 aliphatic rings. The van der Waals surface area contributed by atoms with Gasteiger partial charge in [0.05, 0.1) is 0 Å². The second kappa shape index (κ2) is 4.10. The molecule has 1 aliphatic heterocycles. The van der Waals surface area contributed by atoms with Gasteiger partial charge in [0.25, 0.3) is 5.91 Å². The smallest absolute Gasteiger partial charge is 0.367 e. The van der Waals surface area contributed by atoms with Crippen LogP contribution >= 0.6 is 24.0 Å². The van der Waals surface area contributed by atoms with E-state index in [1.807, 2.05) is 0 Å². The first-order valence-corrected chi connectivity index (χ1v) is 7.67. The van der Waals surface area contributed by atoms with E-state index in [0.29, 0.717) is 0 Å². The zero-order chi connectivity index (χ0) is 14.5. The lowest BCUT2D eigenvalue weighted by atomic mass is 10.4. The van der Waals surface area contributed by atoms with E-state index in [1.165, 1.54) is 0 Å². The summed E-state index contributed by atoms with van der Waals surface area (Å²) >= 11 is 3.90. The molecule has 18 heavy (non-hydrogen) atoms. The van der Waals surface area contributed by atoms with Crippen LogP contribution in [0.25, 0.3) is 0 Å². The Morgan fingerprint density at radius 2 is 1.72 bits per heavy atom. The van der Waals surface area contributed by atoms with Crippen LogP contribution in [-0.2, 0) is 30.0 Å². The summed E-state index contributed by atoms with van der Waals surface area (Å²) in [4.78, 5) is 22.4. The zero-order valence-corrected chi connectivity index (χ0v) is 11.1. The van der Waals surface area contributed by atoms with E-state index in [0.717, 1.165) is 0 Å². The average molecular weight is 337 g/mol. The summed E-state index contributed by atoms with van der Waals surface area (Å²) in [5.74, 6) is -4.44. The molecule has 1 unspecified atom stereocenters. The summed E-state index contributed by atoms with van der Waals surface area (Å²) in [6.07, 6.45) is 0. The van der Waals surface area contributed by atoms with Crippen LogP contribution in [-0.4, -0.2) is 55.6 Å². The first kappa shape index (κ1) is 15.3. The summed E-state index contributed by atoms with van der Waals surface area (Å²) in [6, 6.07) is 0. The Hall–Kier alpha value is -0.800. The normalized spacial score (nSPS) is 25.6. The molecule has 0 saturated carbocycles. The van der Waals surface area contributed by atoms with Crippen molar-refractivity contribution in [1.82, 2.24) is 4.31 Å². The fourth-order valence-corrected chi connectivity index (χ4v) is 4.84. The Labute approximate surface area is 110 Å².